The van der Waals surface area contributed by atoms with E-state index in [9.17, 15) is 9.90 Å². The van der Waals surface area contributed by atoms with Gasteiger partial charge >= 0.3 is 5.97 Å². The van der Waals surface area contributed by atoms with Crippen molar-refractivity contribution in [1.29, 1.82) is 0 Å². The third kappa shape index (κ3) is 2.92. The number of hydrogen-bond acceptors (Lipinski definition) is 2. The molecule has 0 atom stereocenters. The molecule has 3 rings (SSSR count). The van der Waals surface area contributed by atoms with Crippen molar-refractivity contribution in [1.82, 2.24) is 4.98 Å². The van der Waals surface area contributed by atoms with Crippen LogP contribution in [0.3, 0.4) is 0 Å². The molecule has 0 spiro atoms. The maximum Gasteiger partial charge on any atom is 0.338 e. The number of nitrogens with zero attached hydrogens (tertiary/aromatic N) is 1. The molecule has 1 N–H and O–H groups in total. The summed E-state index contributed by atoms with van der Waals surface area (Å²) in [6.07, 6.45) is 7.07. The molecular formula is C19H16ClNO2. The fourth-order valence-electron chi connectivity index (χ4n) is 2.72. The molecule has 3 nitrogen and oxygen atoms in total. The van der Waals surface area contributed by atoms with Crippen molar-refractivity contribution in [2.24, 2.45) is 0 Å². The summed E-state index contributed by atoms with van der Waals surface area (Å²) >= 11 is 6.11. The Labute approximate surface area is 139 Å². The third-order valence-corrected chi connectivity index (χ3v) is 4.14. The number of rotatable bonds is 5. The summed E-state index contributed by atoms with van der Waals surface area (Å²) in [4.78, 5) is 16.5. The van der Waals surface area contributed by atoms with E-state index in [0.29, 0.717) is 27.2 Å². The molecule has 1 aliphatic rings. The van der Waals surface area contributed by atoms with Crippen LogP contribution in [0.15, 0.2) is 49.6 Å². The summed E-state index contributed by atoms with van der Waals surface area (Å²) in [5, 5.41) is 11.0. The van der Waals surface area contributed by atoms with Gasteiger partial charge in [-0.05, 0) is 36.6 Å². The maximum atomic E-state index is 11.9. The zero-order valence-corrected chi connectivity index (χ0v) is 13.3. The molecule has 1 heterocycles. The van der Waals surface area contributed by atoms with Crippen molar-refractivity contribution in [2.45, 2.75) is 18.8 Å². The molecule has 23 heavy (non-hydrogen) atoms. The second-order valence-electron chi connectivity index (χ2n) is 5.61. The highest BCUT2D eigenvalue weighted by Gasteiger charge is 2.32. The van der Waals surface area contributed by atoms with Crippen molar-refractivity contribution in [2.75, 3.05) is 0 Å². The topological polar surface area (TPSA) is 50.2 Å². The van der Waals surface area contributed by atoms with Crippen molar-refractivity contribution < 1.29 is 9.90 Å². The molecule has 1 fully saturated rings. The standard InChI is InChI=1S/C19H16ClNO2/c1-3-4-5-11(2)16-14-10-13(20)8-9-15(14)21-18(12-6-7-12)17(16)19(22)23/h3-5,8-10,12H,1-2,6-7H2,(H,22,23)/b5-4-. The summed E-state index contributed by atoms with van der Waals surface area (Å²) < 4.78 is 0. The first-order valence-electron chi connectivity index (χ1n) is 7.37. The van der Waals surface area contributed by atoms with Gasteiger partial charge in [0.25, 0.3) is 0 Å². The van der Waals surface area contributed by atoms with Crippen molar-refractivity contribution in [3.63, 3.8) is 0 Å². The van der Waals surface area contributed by atoms with Gasteiger partial charge in [-0.25, -0.2) is 4.79 Å². The first kappa shape index (κ1) is 15.5. The normalized spacial score (nSPS) is 14.3. The number of pyridine rings is 1. The van der Waals surface area contributed by atoms with Gasteiger partial charge in [0.2, 0.25) is 0 Å². The van der Waals surface area contributed by atoms with E-state index >= 15 is 0 Å². The Morgan fingerprint density at radius 1 is 1.35 bits per heavy atom. The van der Waals surface area contributed by atoms with Gasteiger partial charge < -0.3 is 5.11 Å². The minimum absolute atomic E-state index is 0.219. The summed E-state index contributed by atoms with van der Waals surface area (Å²) in [6.45, 7) is 7.68. The summed E-state index contributed by atoms with van der Waals surface area (Å²) in [6, 6.07) is 5.33. The number of allylic oxidation sites excluding steroid dienone is 4. The Kier molecular flexibility index (Phi) is 4.05. The van der Waals surface area contributed by atoms with Crippen molar-refractivity contribution >= 4 is 34.0 Å². The second-order valence-corrected chi connectivity index (χ2v) is 6.04. The molecule has 0 saturated heterocycles. The van der Waals surface area contributed by atoms with Gasteiger partial charge in [-0.3, -0.25) is 4.98 Å². The number of halogens is 1. The fourth-order valence-corrected chi connectivity index (χ4v) is 2.90. The van der Waals surface area contributed by atoms with Gasteiger partial charge in [-0.1, -0.05) is 43.0 Å². The molecule has 0 unspecified atom stereocenters. The molecule has 1 aromatic heterocycles. The lowest BCUT2D eigenvalue weighted by Gasteiger charge is -2.15. The van der Waals surface area contributed by atoms with Crippen LogP contribution < -0.4 is 0 Å². The number of carboxylic acid groups (broad SMARTS) is 1. The van der Waals surface area contributed by atoms with E-state index in [-0.39, 0.29) is 11.5 Å². The minimum atomic E-state index is -0.982. The van der Waals surface area contributed by atoms with Crippen LogP contribution in [0, 0.1) is 0 Å². The van der Waals surface area contributed by atoms with Crippen LogP contribution in [0.2, 0.25) is 5.02 Å². The lowest BCUT2D eigenvalue weighted by Crippen LogP contribution is -2.09. The lowest BCUT2D eigenvalue weighted by atomic mass is 9.93. The number of carbonyl (C=O) groups is 1. The summed E-state index contributed by atoms with van der Waals surface area (Å²) in [5.74, 6) is -0.763. The van der Waals surface area contributed by atoms with E-state index in [2.05, 4.69) is 18.1 Å². The predicted molar refractivity (Wildman–Crippen MR) is 94.1 cm³/mol. The van der Waals surface area contributed by atoms with E-state index in [0.717, 1.165) is 18.4 Å². The quantitative estimate of drug-likeness (QED) is 0.767. The lowest BCUT2D eigenvalue weighted by molar-refractivity contribution is 0.0695. The molecule has 1 aliphatic carbocycles. The van der Waals surface area contributed by atoms with Crippen LogP contribution in [-0.4, -0.2) is 16.1 Å². The molecule has 0 aliphatic heterocycles. The largest absolute Gasteiger partial charge is 0.478 e. The second kappa shape index (κ2) is 6.01. The van der Waals surface area contributed by atoms with Crippen molar-refractivity contribution in [3.8, 4) is 0 Å². The van der Waals surface area contributed by atoms with E-state index in [1.165, 1.54) is 0 Å². The summed E-state index contributed by atoms with van der Waals surface area (Å²) in [7, 11) is 0. The van der Waals surface area contributed by atoms with Gasteiger partial charge in [-0.15, -0.1) is 0 Å². The Morgan fingerprint density at radius 2 is 2.09 bits per heavy atom. The Bertz CT molecular complexity index is 863. The number of aromatic carboxylic acids is 1. The van der Waals surface area contributed by atoms with Crippen LogP contribution in [0.5, 0.6) is 0 Å². The minimum Gasteiger partial charge on any atom is -0.478 e. The average molecular weight is 326 g/mol. The van der Waals surface area contributed by atoms with E-state index < -0.39 is 5.97 Å². The third-order valence-electron chi connectivity index (χ3n) is 3.91. The van der Waals surface area contributed by atoms with Crippen LogP contribution in [-0.2, 0) is 0 Å². The molecule has 116 valence electrons. The maximum absolute atomic E-state index is 11.9. The summed E-state index contributed by atoms with van der Waals surface area (Å²) in [5.41, 5.74) is 2.82. The van der Waals surface area contributed by atoms with Crippen LogP contribution >= 0.6 is 11.6 Å². The SMILES string of the molecule is C=C/C=C\C(=C)c1c(C(=O)O)c(C2CC2)nc2ccc(Cl)cc12. The molecule has 2 aromatic rings. The first-order chi connectivity index (χ1) is 11.0. The van der Waals surface area contributed by atoms with Gasteiger partial charge in [0.15, 0.2) is 0 Å². The van der Waals surface area contributed by atoms with E-state index in [1.54, 1.807) is 30.4 Å². The Hall–Kier alpha value is -2.39. The molecule has 0 radical (unpaired) electrons. The predicted octanol–water partition coefficient (Wildman–Crippen LogP) is 5.22. The number of hydrogen-bond donors (Lipinski definition) is 1. The van der Waals surface area contributed by atoms with E-state index in [4.69, 9.17) is 11.6 Å². The van der Waals surface area contributed by atoms with Crippen LogP contribution in [0.4, 0.5) is 0 Å². The fraction of sp³-hybridized carbons (Fsp3) is 0.158. The molecule has 0 bridgehead atoms. The highest BCUT2D eigenvalue weighted by atomic mass is 35.5. The highest BCUT2D eigenvalue weighted by molar-refractivity contribution is 6.31. The number of carboxylic acids is 1. The molecule has 4 heteroatoms. The zero-order chi connectivity index (χ0) is 16.6. The molecule has 1 aromatic carbocycles. The van der Waals surface area contributed by atoms with Crippen molar-refractivity contribution in [3.05, 3.63) is 71.4 Å². The van der Waals surface area contributed by atoms with E-state index in [1.807, 2.05) is 6.07 Å². The smallest absolute Gasteiger partial charge is 0.338 e. The Morgan fingerprint density at radius 3 is 2.70 bits per heavy atom. The van der Waals surface area contributed by atoms with Gasteiger partial charge in [-0.2, -0.15) is 0 Å². The van der Waals surface area contributed by atoms with Crippen LogP contribution in [0.25, 0.3) is 16.5 Å². The number of aromatic nitrogens is 1. The molecule has 1 saturated carbocycles. The number of benzene rings is 1. The van der Waals surface area contributed by atoms with Gasteiger partial charge in [0, 0.05) is 21.9 Å². The number of fused-ring (bicyclic) bond motifs is 1. The average Bonchev–Trinajstić information content (AvgIpc) is 3.35. The zero-order valence-electron chi connectivity index (χ0n) is 12.6. The highest BCUT2D eigenvalue weighted by Crippen LogP contribution is 2.44. The Balaban J connectivity index is 2.38. The van der Waals surface area contributed by atoms with Gasteiger partial charge in [0.1, 0.15) is 0 Å². The van der Waals surface area contributed by atoms with Gasteiger partial charge in [0.05, 0.1) is 16.8 Å². The van der Waals surface area contributed by atoms with Crippen LogP contribution in [0.1, 0.15) is 40.4 Å². The molecule has 0 amide bonds. The first-order valence-corrected chi connectivity index (χ1v) is 7.75. The molecular weight excluding hydrogens is 310 g/mol. The monoisotopic (exact) mass is 325 g/mol.